The van der Waals surface area contributed by atoms with Gasteiger partial charge in [0.05, 0.1) is 11.4 Å². The molecule has 1 aromatic carbocycles. The van der Waals surface area contributed by atoms with E-state index < -0.39 is 0 Å². The molecule has 0 radical (unpaired) electrons. The van der Waals surface area contributed by atoms with Crippen molar-refractivity contribution in [2.24, 2.45) is 0 Å². The van der Waals surface area contributed by atoms with Gasteiger partial charge in [0.2, 0.25) is 0 Å². The first-order valence-corrected chi connectivity index (χ1v) is 7.45. The molecule has 0 bridgehead atoms. The summed E-state index contributed by atoms with van der Waals surface area (Å²) in [5, 5.41) is 3.57. The zero-order valence-corrected chi connectivity index (χ0v) is 12.9. The van der Waals surface area contributed by atoms with Gasteiger partial charge in [-0.15, -0.1) is 11.3 Å². The SMILES string of the molecule is COc1ccccc1C(C)NC(C)c1ccc(Cl)s1. The summed E-state index contributed by atoms with van der Waals surface area (Å²) >= 11 is 7.59. The zero-order valence-electron chi connectivity index (χ0n) is 11.3. The third-order valence-corrected chi connectivity index (χ3v) is 4.54. The molecule has 2 aromatic rings. The Morgan fingerprint density at radius 3 is 2.47 bits per heavy atom. The van der Waals surface area contributed by atoms with Gasteiger partial charge in [0.25, 0.3) is 0 Å². The van der Waals surface area contributed by atoms with Crippen LogP contribution >= 0.6 is 22.9 Å². The highest BCUT2D eigenvalue weighted by Gasteiger charge is 2.15. The Hall–Kier alpha value is -1.03. The molecule has 2 rings (SSSR count). The van der Waals surface area contributed by atoms with E-state index in [0.717, 1.165) is 10.1 Å². The number of hydrogen-bond acceptors (Lipinski definition) is 3. The predicted molar refractivity (Wildman–Crippen MR) is 82.3 cm³/mol. The zero-order chi connectivity index (χ0) is 13.8. The van der Waals surface area contributed by atoms with Crippen molar-refractivity contribution in [1.29, 1.82) is 0 Å². The summed E-state index contributed by atoms with van der Waals surface area (Å²) in [6.07, 6.45) is 0. The van der Waals surface area contributed by atoms with Crippen LogP contribution in [0, 0.1) is 0 Å². The summed E-state index contributed by atoms with van der Waals surface area (Å²) in [6.45, 7) is 4.29. The van der Waals surface area contributed by atoms with Crippen molar-refractivity contribution in [3.63, 3.8) is 0 Å². The fourth-order valence-electron chi connectivity index (χ4n) is 2.13. The summed E-state index contributed by atoms with van der Waals surface area (Å²) < 4.78 is 6.23. The van der Waals surface area contributed by atoms with Crippen LogP contribution in [-0.2, 0) is 0 Å². The number of hydrogen-bond donors (Lipinski definition) is 1. The van der Waals surface area contributed by atoms with Gasteiger partial charge in [-0.1, -0.05) is 29.8 Å². The molecule has 0 aliphatic carbocycles. The van der Waals surface area contributed by atoms with Crippen LogP contribution in [0.1, 0.15) is 36.4 Å². The van der Waals surface area contributed by atoms with Gasteiger partial charge >= 0.3 is 0 Å². The first-order chi connectivity index (χ1) is 9.11. The lowest BCUT2D eigenvalue weighted by molar-refractivity contribution is 0.397. The molecule has 0 saturated heterocycles. The number of methoxy groups -OCH3 is 1. The van der Waals surface area contributed by atoms with E-state index >= 15 is 0 Å². The highest BCUT2D eigenvalue weighted by atomic mass is 35.5. The van der Waals surface area contributed by atoms with Crippen LogP contribution in [0.2, 0.25) is 4.34 Å². The van der Waals surface area contributed by atoms with Crippen molar-refractivity contribution in [1.82, 2.24) is 5.32 Å². The van der Waals surface area contributed by atoms with Crippen LogP contribution < -0.4 is 10.1 Å². The molecule has 1 heterocycles. The van der Waals surface area contributed by atoms with Gasteiger partial charge in [0.1, 0.15) is 5.75 Å². The molecule has 102 valence electrons. The predicted octanol–water partition coefficient (Wildman–Crippen LogP) is 4.82. The minimum absolute atomic E-state index is 0.215. The second-order valence-electron chi connectivity index (χ2n) is 4.49. The van der Waals surface area contributed by atoms with Crippen molar-refractivity contribution < 1.29 is 4.74 Å². The molecule has 2 unspecified atom stereocenters. The van der Waals surface area contributed by atoms with E-state index in [1.165, 1.54) is 10.4 Å². The summed E-state index contributed by atoms with van der Waals surface area (Å²) in [5.41, 5.74) is 1.17. The van der Waals surface area contributed by atoms with Crippen molar-refractivity contribution in [2.75, 3.05) is 7.11 Å². The van der Waals surface area contributed by atoms with Crippen LogP contribution in [0.4, 0.5) is 0 Å². The topological polar surface area (TPSA) is 21.3 Å². The highest BCUT2D eigenvalue weighted by molar-refractivity contribution is 7.16. The van der Waals surface area contributed by atoms with Crippen LogP contribution in [0.15, 0.2) is 36.4 Å². The molecule has 0 spiro atoms. The Kier molecular flexibility index (Phi) is 4.86. The Balaban J connectivity index is 2.10. The van der Waals surface area contributed by atoms with Crippen molar-refractivity contribution in [2.45, 2.75) is 25.9 Å². The van der Waals surface area contributed by atoms with E-state index in [2.05, 4.69) is 31.3 Å². The van der Waals surface area contributed by atoms with Crippen LogP contribution in [0.3, 0.4) is 0 Å². The van der Waals surface area contributed by atoms with E-state index in [-0.39, 0.29) is 12.1 Å². The Bertz CT molecular complexity index is 540. The third kappa shape index (κ3) is 3.50. The quantitative estimate of drug-likeness (QED) is 0.853. The van der Waals surface area contributed by atoms with E-state index in [9.17, 15) is 0 Å². The Morgan fingerprint density at radius 1 is 1.11 bits per heavy atom. The molecule has 1 N–H and O–H groups in total. The standard InChI is InChI=1S/C15H18ClNOS/c1-10(12-6-4-5-7-13(12)18-3)17-11(2)14-8-9-15(16)19-14/h4-11,17H,1-3H3. The van der Waals surface area contributed by atoms with Crippen molar-refractivity contribution >= 4 is 22.9 Å². The van der Waals surface area contributed by atoms with Gasteiger partial charge < -0.3 is 10.1 Å². The minimum Gasteiger partial charge on any atom is -0.496 e. The number of ether oxygens (including phenoxy) is 1. The minimum atomic E-state index is 0.215. The molecule has 2 nitrogen and oxygen atoms in total. The number of thiophene rings is 1. The maximum absolute atomic E-state index is 5.98. The van der Waals surface area contributed by atoms with Gasteiger partial charge in [-0.3, -0.25) is 0 Å². The fourth-order valence-corrected chi connectivity index (χ4v) is 3.20. The first kappa shape index (κ1) is 14.4. The maximum atomic E-state index is 5.98. The molecule has 2 atom stereocenters. The molecule has 4 heteroatoms. The van der Waals surface area contributed by atoms with Crippen LogP contribution in [0.5, 0.6) is 5.75 Å². The van der Waals surface area contributed by atoms with Gasteiger partial charge in [-0.25, -0.2) is 0 Å². The lowest BCUT2D eigenvalue weighted by atomic mass is 10.1. The van der Waals surface area contributed by atoms with Gasteiger partial charge in [-0.2, -0.15) is 0 Å². The lowest BCUT2D eigenvalue weighted by Crippen LogP contribution is -2.22. The summed E-state index contributed by atoms with van der Waals surface area (Å²) in [6, 6.07) is 12.6. The second-order valence-corrected chi connectivity index (χ2v) is 6.24. The molecule has 1 aromatic heterocycles. The maximum Gasteiger partial charge on any atom is 0.123 e. The largest absolute Gasteiger partial charge is 0.496 e. The average molecular weight is 296 g/mol. The van der Waals surface area contributed by atoms with E-state index in [0.29, 0.717) is 0 Å². The molecule has 0 aliphatic rings. The number of rotatable bonds is 5. The number of halogens is 1. The van der Waals surface area contributed by atoms with Crippen molar-refractivity contribution in [3.8, 4) is 5.75 Å². The normalized spacial score (nSPS) is 14.1. The number of nitrogens with one attached hydrogen (secondary N) is 1. The smallest absolute Gasteiger partial charge is 0.123 e. The second kappa shape index (κ2) is 6.42. The summed E-state index contributed by atoms with van der Waals surface area (Å²) in [4.78, 5) is 1.24. The summed E-state index contributed by atoms with van der Waals surface area (Å²) in [7, 11) is 1.70. The summed E-state index contributed by atoms with van der Waals surface area (Å²) in [5.74, 6) is 0.916. The molecular weight excluding hydrogens is 278 g/mol. The molecule has 0 fully saturated rings. The monoisotopic (exact) mass is 295 g/mol. The van der Waals surface area contributed by atoms with Gasteiger partial charge in [0.15, 0.2) is 0 Å². The lowest BCUT2D eigenvalue weighted by Gasteiger charge is -2.21. The van der Waals surface area contributed by atoms with Crippen LogP contribution in [-0.4, -0.2) is 7.11 Å². The molecule has 0 aliphatic heterocycles. The number of benzene rings is 1. The van der Waals surface area contributed by atoms with Crippen LogP contribution in [0.25, 0.3) is 0 Å². The van der Waals surface area contributed by atoms with E-state index in [1.807, 2.05) is 24.3 Å². The average Bonchev–Trinajstić information content (AvgIpc) is 2.85. The van der Waals surface area contributed by atoms with Gasteiger partial charge in [-0.05, 0) is 32.0 Å². The van der Waals surface area contributed by atoms with Gasteiger partial charge in [0, 0.05) is 22.5 Å². The molecule has 19 heavy (non-hydrogen) atoms. The molecule has 0 saturated carbocycles. The van der Waals surface area contributed by atoms with E-state index in [4.69, 9.17) is 16.3 Å². The third-order valence-electron chi connectivity index (χ3n) is 3.13. The highest BCUT2D eigenvalue weighted by Crippen LogP contribution is 2.30. The fraction of sp³-hybridized carbons (Fsp3) is 0.333. The number of para-hydroxylation sites is 1. The Morgan fingerprint density at radius 2 is 1.84 bits per heavy atom. The molecular formula is C15H18ClNOS. The molecule has 0 amide bonds. The Labute approximate surface area is 123 Å². The van der Waals surface area contributed by atoms with E-state index in [1.54, 1.807) is 18.4 Å². The van der Waals surface area contributed by atoms with Crippen molar-refractivity contribution in [3.05, 3.63) is 51.2 Å². The first-order valence-electron chi connectivity index (χ1n) is 6.26.